The van der Waals surface area contributed by atoms with Gasteiger partial charge in [0.05, 0.1) is 5.92 Å². The summed E-state index contributed by atoms with van der Waals surface area (Å²) in [6.45, 7) is 1.41. The van der Waals surface area contributed by atoms with E-state index in [9.17, 15) is 14.0 Å². The van der Waals surface area contributed by atoms with Crippen LogP contribution in [-0.2, 0) is 11.2 Å². The fraction of sp³-hybridized carbons (Fsp3) is 0.412. The highest BCUT2D eigenvalue weighted by molar-refractivity contribution is 5.83. The van der Waals surface area contributed by atoms with Crippen molar-refractivity contribution in [1.82, 2.24) is 15.2 Å². The molecule has 7 heteroatoms. The number of piperidine rings is 1. The van der Waals surface area contributed by atoms with Gasteiger partial charge in [-0.15, -0.1) is 0 Å². The van der Waals surface area contributed by atoms with Crippen molar-refractivity contribution in [2.45, 2.75) is 19.3 Å². The number of carboxylic acids is 1. The van der Waals surface area contributed by atoms with Crippen LogP contribution in [0.15, 0.2) is 24.4 Å². The first kappa shape index (κ1) is 16.3. The second kappa shape index (κ2) is 6.90. The summed E-state index contributed by atoms with van der Waals surface area (Å²) in [6.07, 6.45) is 3.46. The number of nitrogens with zero attached hydrogens (tertiary/aromatic N) is 1. The van der Waals surface area contributed by atoms with Gasteiger partial charge < -0.3 is 20.3 Å². The summed E-state index contributed by atoms with van der Waals surface area (Å²) in [7, 11) is 0. The summed E-state index contributed by atoms with van der Waals surface area (Å²) >= 11 is 0. The number of hydrogen-bond acceptors (Lipinski definition) is 2. The lowest BCUT2D eigenvalue weighted by Gasteiger charge is -2.30. The number of nitrogens with one attached hydrogen (secondary N) is 2. The second-order valence-corrected chi connectivity index (χ2v) is 6.09. The van der Waals surface area contributed by atoms with Gasteiger partial charge in [0.15, 0.2) is 0 Å². The number of H-pyrrole nitrogens is 1. The molecule has 2 aromatic rings. The third kappa shape index (κ3) is 3.50. The monoisotopic (exact) mass is 333 g/mol. The first-order chi connectivity index (χ1) is 11.5. The van der Waals surface area contributed by atoms with Gasteiger partial charge in [0.25, 0.3) is 0 Å². The number of halogens is 1. The number of aromatic nitrogens is 1. The van der Waals surface area contributed by atoms with Crippen molar-refractivity contribution in [3.05, 3.63) is 35.8 Å². The molecule has 2 heterocycles. The molecule has 1 saturated heterocycles. The van der Waals surface area contributed by atoms with Gasteiger partial charge in [-0.25, -0.2) is 9.18 Å². The molecule has 1 aromatic carbocycles. The molecule has 24 heavy (non-hydrogen) atoms. The summed E-state index contributed by atoms with van der Waals surface area (Å²) in [5.41, 5.74) is 1.77. The molecule has 1 aliphatic heterocycles. The summed E-state index contributed by atoms with van der Waals surface area (Å²) < 4.78 is 13.2. The van der Waals surface area contributed by atoms with E-state index >= 15 is 0 Å². The van der Waals surface area contributed by atoms with Crippen LogP contribution in [0.1, 0.15) is 18.4 Å². The van der Waals surface area contributed by atoms with Gasteiger partial charge in [-0.1, -0.05) is 0 Å². The van der Waals surface area contributed by atoms with Crippen molar-refractivity contribution in [2.24, 2.45) is 5.92 Å². The van der Waals surface area contributed by atoms with Crippen LogP contribution in [0.3, 0.4) is 0 Å². The van der Waals surface area contributed by atoms with Gasteiger partial charge in [-0.3, -0.25) is 4.79 Å². The Kier molecular flexibility index (Phi) is 4.69. The van der Waals surface area contributed by atoms with Crippen LogP contribution in [0.5, 0.6) is 0 Å². The van der Waals surface area contributed by atoms with Crippen molar-refractivity contribution < 1.29 is 19.1 Å². The molecule has 0 bridgehead atoms. The van der Waals surface area contributed by atoms with Crippen LogP contribution in [0.25, 0.3) is 10.9 Å². The minimum atomic E-state index is -0.786. The highest BCUT2D eigenvalue weighted by Crippen LogP contribution is 2.20. The maximum atomic E-state index is 13.2. The molecular formula is C17H20FN3O3. The predicted octanol–water partition coefficient (Wildman–Crippen LogP) is 2.36. The number of carbonyl (C=O) groups excluding carboxylic acids is 1. The fourth-order valence-electron chi connectivity index (χ4n) is 3.11. The van der Waals surface area contributed by atoms with Crippen LogP contribution in [0.4, 0.5) is 9.18 Å². The minimum absolute atomic E-state index is 0.162. The maximum absolute atomic E-state index is 13.2. The van der Waals surface area contributed by atoms with E-state index in [4.69, 9.17) is 5.11 Å². The molecule has 1 aliphatic rings. The Morgan fingerprint density at radius 1 is 1.33 bits per heavy atom. The van der Waals surface area contributed by atoms with Gasteiger partial charge in [-0.2, -0.15) is 0 Å². The molecular weight excluding hydrogens is 313 g/mol. The Labute approximate surface area is 138 Å². The number of rotatable bonds is 4. The number of hydrogen-bond donors (Lipinski definition) is 3. The zero-order valence-corrected chi connectivity index (χ0v) is 13.2. The number of carboxylic acid groups (broad SMARTS) is 1. The Bertz CT molecular complexity index is 751. The van der Waals surface area contributed by atoms with E-state index < -0.39 is 5.97 Å². The van der Waals surface area contributed by atoms with Crippen LogP contribution in [0.2, 0.25) is 0 Å². The van der Waals surface area contributed by atoms with E-state index in [0.29, 0.717) is 38.9 Å². The molecule has 128 valence electrons. The zero-order valence-electron chi connectivity index (χ0n) is 13.2. The van der Waals surface area contributed by atoms with Crippen LogP contribution in [0, 0.1) is 11.7 Å². The average molecular weight is 333 g/mol. The summed E-state index contributed by atoms with van der Waals surface area (Å²) in [5, 5.41) is 12.8. The van der Waals surface area contributed by atoms with Gasteiger partial charge in [0.1, 0.15) is 5.82 Å². The second-order valence-electron chi connectivity index (χ2n) is 6.09. The number of aromatic amines is 1. The molecule has 0 saturated carbocycles. The Hall–Kier alpha value is -2.57. The molecule has 2 amide bonds. The zero-order chi connectivity index (χ0) is 17.1. The van der Waals surface area contributed by atoms with E-state index in [-0.39, 0.29) is 17.8 Å². The van der Waals surface area contributed by atoms with Crippen molar-refractivity contribution in [2.75, 3.05) is 19.6 Å². The quantitative estimate of drug-likeness (QED) is 0.803. The third-order valence-electron chi connectivity index (χ3n) is 4.53. The topological polar surface area (TPSA) is 85.4 Å². The smallest absolute Gasteiger partial charge is 0.317 e. The highest BCUT2D eigenvalue weighted by Gasteiger charge is 2.26. The summed E-state index contributed by atoms with van der Waals surface area (Å²) in [6, 6.07) is 4.44. The van der Waals surface area contributed by atoms with Gasteiger partial charge in [0.2, 0.25) is 0 Å². The number of amides is 2. The number of urea groups is 1. The van der Waals surface area contributed by atoms with Crippen molar-refractivity contribution in [1.29, 1.82) is 0 Å². The van der Waals surface area contributed by atoms with E-state index in [2.05, 4.69) is 10.3 Å². The lowest BCUT2D eigenvalue weighted by Crippen LogP contribution is -2.45. The highest BCUT2D eigenvalue weighted by atomic mass is 19.1. The predicted molar refractivity (Wildman–Crippen MR) is 87.3 cm³/mol. The molecule has 0 spiro atoms. The molecule has 0 atom stereocenters. The standard InChI is InChI=1S/C17H20FN3O3/c18-13-1-2-14-12(10-20-15(14)9-13)3-6-19-17(24)21-7-4-11(5-8-21)16(22)23/h1-2,9-11,20H,3-8H2,(H,19,24)(H,22,23). The van der Waals surface area contributed by atoms with Gasteiger partial charge in [-0.05, 0) is 43.0 Å². The molecule has 3 N–H and O–H groups in total. The summed E-state index contributed by atoms with van der Waals surface area (Å²) in [5.74, 6) is -1.42. The first-order valence-corrected chi connectivity index (χ1v) is 8.05. The number of aliphatic carboxylic acids is 1. The minimum Gasteiger partial charge on any atom is -0.481 e. The van der Waals surface area contributed by atoms with Crippen LogP contribution in [-0.4, -0.2) is 46.6 Å². The van der Waals surface area contributed by atoms with E-state index in [1.807, 2.05) is 6.20 Å². The third-order valence-corrected chi connectivity index (χ3v) is 4.53. The molecule has 3 rings (SSSR count). The average Bonchev–Trinajstić information content (AvgIpc) is 2.97. The fourth-order valence-corrected chi connectivity index (χ4v) is 3.11. The van der Waals surface area contributed by atoms with Crippen LogP contribution >= 0.6 is 0 Å². The Morgan fingerprint density at radius 2 is 2.08 bits per heavy atom. The lowest BCUT2D eigenvalue weighted by molar-refractivity contribution is -0.143. The molecule has 0 unspecified atom stereocenters. The molecule has 0 aliphatic carbocycles. The van der Waals surface area contributed by atoms with Crippen molar-refractivity contribution in [3.63, 3.8) is 0 Å². The molecule has 0 radical (unpaired) electrons. The molecule has 1 aromatic heterocycles. The lowest BCUT2D eigenvalue weighted by atomic mass is 9.97. The van der Waals surface area contributed by atoms with E-state index in [1.165, 1.54) is 12.1 Å². The normalized spacial score (nSPS) is 15.6. The maximum Gasteiger partial charge on any atom is 0.317 e. The number of likely N-dealkylation sites (tertiary alicyclic amines) is 1. The van der Waals surface area contributed by atoms with Gasteiger partial charge >= 0.3 is 12.0 Å². The number of fused-ring (bicyclic) bond motifs is 1. The number of benzene rings is 1. The van der Waals surface area contributed by atoms with Crippen molar-refractivity contribution >= 4 is 22.9 Å². The number of carbonyl (C=O) groups is 2. The SMILES string of the molecule is O=C(O)C1CCN(C(=O)NCCc2c[nH]c3cc(F)ccc23)CC1. The first-order valence-electron chi connectivity index (χ1n) is 8.05. The Balaban J connectivity index is 1.49. The molecule has 1 fully saturated rings. The van der Waals surface area contributed by atoms with Crippen LogP contribution < -0.4 is 5.32 Å². The van der Waals surface area contributed by atoms with Crippen molar-refractivity contribution in [3.8, 4) is 0 Å². The summed E-state index contributed by atoms with van der Waals surface area (Å²) in [4.78, 5) is 27.7. The van der Waals surface area contributed by atoms with Gasteiger partial charge in [0, 0.05) is 36.7 Å². The largest absolute Gasteiger partial charge is 0.481 e. The Morgan fingerprint density at radius 3 is 2.79 bits per heavy atom. The molecule has 6 nitrogen and oxygen atoms in total. The van der Waals surface area contributed by atoms with E-state index in [1.54, 1.807) is 11.0 Å². The van der Waals surface area contributed by atoms with E-state index in [0.717, 1.165) is 16.5 Å².